The molecule has 4 nitrogen and oxygen atoms in total. The molecule has 0 saturated heterocycles. The molecule has 0 spiro atoms. The van der Waals surface area contributed by atoms with Gasteiger partial charge in [-0.15, -0.1) is 0 Å². The summed E-state index contributed by atoms with van der Waals surface area (Å²) in [6, 6.07) is 6.36. The van der Waals surface area contributed by atoms with Crippen LogP contribution in [0.5, 0.6) is 11.5 Å². The lowest BCUT2D eigenvalue weighted by molar-refractivity contribution is -0.132. The summed E-state index contributed by atoms with van der Waals surface area (Å²) in [4.78, 5) is 10.6. The Morgan fingerprint density at radius 3 is 2.75 bits per heavy atom. The molecular formula is C12H14O4. The second kappa shape index (κ2) is 5.21. The molecule has 1 aromatic carbocycles. The molecule has 1 rings (SSSR count). The summed E-state index contributed by atoms with van der Waals surface area (Å²) >= 11 is 0. The molecule has 0 fully saturated rings. The standard InChI is InChI=1S/C12H14O4/c1-8(12(14)15)6-9(2)16-11-5-3-4-10(13)7-11/h3-7,9,13H,1-2H3,(H,14,15)/b8-6+. The maximum atomic E-state index is 10.6. The van der Waals surface area contributed by atoms with Crippen molar-refractivity contribution in [2.45, 2.75) is 20.0 Å². The molecule has 0 aliphatic rings. The number of benzene rings is 1. The average Bonchev–Trinajstić information content (AvgIpc) is 2.16. The number of carboxylic acids is 1. The zero-order chi connectivity index (χ0) is 12.1. The van der Waals surface area contributed by atoms with Crippen LogP contribution in [-0.4, -0.2) is 22.3 Å². The van der Waals surface area contributed by atoms with Crippen molar-refractivity contribution < 1.29 is 19.7 Å². The SMILES string of the molecule is C/C(=C\C(C)Oc1cccc(O)c1)C(=O)O. The number of rotatable bonds is 4. The average molecular weight is 222 g/mol. The topological polar surface area (TPSA) is 66.8 Å². The first-order valence-corrected chi connectivity index (χ1v) is 4.86. The first-order chi connectivity index (χ1) is 7.49. The molecule has 86 valence electrons. The normalized spacial score (nSPS) is 13.2. The molecule has 0 aromatic heterocycles. The summed E-state index contributed by atoms with van der Waals surface area (Å²) in [6.07, 6.45) is 1.14. The van der Waals surface area contributed by atoms with Crippen molar-refractivity contribution in [2.24, 2.45) is 0 Å². The molecule has 1 unspecified atom stereocenters. The Kier molecular flexibility index (Phi) is 3.94. The predicted octanol–water partition coefficient (Wildman–Crippen LogP) is 2.19. The largest absolute Gasteiger partial charge is 0.508 e. The van der Waals surface area contributed by atoms with E-state index in [1.807, 2.05) is 0 Å². The minimum absolute atomic E-state index is 0.114. The van der Waals surface area contributed by atoms with Crippen LogP contribution >= 0.6 is 0 Å². The molecule has 0 aliphatic carbocycles. The third-order valence-corrected chi connectivity index (χ3v) is 1.96. The highest BCUT2D eigenvalue weighted by Gasteiger charge is 2.05. The number of phenolic OH excluding ortho intramolecular Hbond substituents is 1. The van der Waals surface area contributed by atoms with Gasteiger partial charge in [0.25, 0.3) is 0 Å². The fourth-order valence-electron chi connectivity index (χ4n) is 1.23. The van der Waals surface area contributed by atoms with Crippen LogP contribution < -0.4 is 4.74 Å². The first-order valence-electron chi connectivity index (χ1n) is 4.86. The van der Waals surface area contributed by atoms with E-state index >= 15 is 0 Å². The maximum Gasteiger partial charge on any atom is 0.331 e. The van der Waals surface area contributed by atoms with Gasteiger partial charge in [0.05, 0.1) is 0 Å². The van der Waals surface area contributed by atoms with Gasteiger partial charge in [0.1, 0.15) is 17.6 Å². The van der Waals surface area contributed by atoms with Crippen LogP contribution in [0.4, 0.5) is 0 Å². The minimum Gasteiger partial charge on any atom is -0.508 e. The van der Waals surface area contributed by atoms with E-state index in [9.17, 15) is 9.90 Å². The molecule has 4 heteroatoms. The molecule has 16 heavy (non-hydrogen) atoms. The fraction of sp³-hybridized carbons (Fsp3) is 0.250. The van der Waals surface area contributed by atoms with E-state index in [1.54, 1.807) is 19.1 Å². The quantitative estimate of drug-likeness (QED) is 0.766. The van der Waals surface area contributed by atoms with E-state index < -0.39 is 5.97 Å². The number of aromatic hydroxyl groups is 1. The van der Waals surface area contributed by atoms with E-state index in [0.717, 1.165) is 0 Å². The molecule has 2 N–H and O–H groups in total. The number of aliphatic carboxylic acids is 1. The maximum absolute atomic E-state index is 10.6. The first kappa shape index (κ1) is 12.1. The van der Waals surface area contributed by atoms with Crippen molar-refractivity contribution in [2.75, 3.05) is 0 Å². The second-order valence-electron chi connectivity index (χ2n) is 3.48. The Morgan fingerprint density at radius 1 is 1.50 bits per heavy atom. The molecule has 0 heterocycles. The minimum atomic E-state index is -0.966. The van der Waals surface area contributed by atoms with Crippen molar-refractivity contribution in [3.05, 3.63) is 35.9 Å². The van der Waals surface area contributed by atoms with Gasteiger partial charge in [-0.05, 0) is 32.1 Å². The fourth-order valence-corrected chi connectivity index (χ4v) is 1.23. The van der Waals surface area contributed by atoms with E-state index in [2.05, 4.69) is 0 Å². The summed E-state index contributed by atoms with van der Waals surface area (Å²) < 4.78 is 5.42. The van der Waals surface area contributed by atoms with Gasteiger partial charge in [0.15, 0.2) is 0 Å². The Balaban J connectivity index is 2.68. The van der Waals surface area contributed by atoms with Crippen LogP contribution in [-0.2, 0) is 4.79 Å². The van der Waals surface area contributed by atoms with Crippen molar-refractivity contribution in [3.8, 4) is 11.5 Å². The molecule has 0 saturated carbocycles. The zero-order valence-corrected chi connectivity index (χ0v) is 9.18. The van der Waals surface area contributed by atoms with Crippen molar-refractivity contribution in [1.82, 2.24) is 0 Å². The van der Waals surface area contributed by atoms with Crippen LogP contribution in [0.15, 0.2) is 35.9 Å². The lowest BCUT2D eigenvalue weighted by atomic mass is 10.2. The Morgan fingerprint density at radius 2 is 2.19 bits per heavy atom. The summed E-state index contributed by atoms with van der Waals surface area (Å²) in [5.74, 6) is -0.350. The number of carboxylic acid groups (broad SMARTS) is 1. The molecule has 0 aliphatic heterocycles. The highest BCUT2D eigenvalue weighted by atomic mass is 16.5. The Hall–Kier alpha value is -1.97. The number of phenols is 1. The van der Waals surface area contributed by atoms with Crippen molar-refractivity contribution >= 4 is 5.97 Å². The van der Waals surface area contributed by atoms with Gasteiger partial charge >= 0.3 is 5.97 Å². The third-order valence-electron chi connectivity index (χ3n) is 1.96. The number of hydrogen-bond donors (Lipinski definition) is 2. The molecule has 0 radical (unpaired) electrons. The van der Waals surface area contributed by atoms with Crippen LogP contribution in [0.25, 0.3) is 0 Å². The second-order valence-corrected chi connectivity index (χ2v) is 3.48. The van der Waals surface area contributed by atoms with E-state index in [1.165, 1.54) is 25.1 Å². The van der Waals surface area contributed by atoms with Crippen LogP contribution in [0, 0.1) is 0 Å². The number of carbonyl (C=O) groups is 1. The predicted molar refractivity (Wildman–Crippen MR) is 59.6 cm³/mol. The van der Waals surface area contributed by atoms with Crippen molar-refractivity contribution in [1.29, 1.82) is 0 Å². The molecule has 1 aromatic rings. The summed E-state index contributed by atoms with van der Waals surface area (Å²) in [6.45, 7) is 3.24. The molecule has 0 bridgehead atoms. The summed E-state index contributed by atoms with van der Waals surface area (Å²) in [5, 5.41) is 17.9. The van der Waals surface area contributed by atoms with Gasteiger partial charge in [-0.2, -0.15) is 0 Å². The van der Waals surface area contributed by atoms with Gasteiger partial charge in [0, 0.05) is 11.6 Å². The Labute approximate surface area is 93.8 Å². The summed E-state index contributed by atoms with van der Waals surface area (Å²) in [5.41, 5.74) is 0.229. The van der Waals surface area contributed by atoms with Crippen molar-refractivity contribution in [3.63, 3.8) is 0 Å². The highest BCUT2D eigenvalue weighted by Crippen LogP contribution is 2.19. The van der Waals surface area contributed by atoms with Gasteiger partial charge in [-0.3, -0.25) is 0 Å². The Bertz CT molecular complexity index is 409. The van der Waals surface area contributed by atoms with Gasteiger partial charge in [0.2, 0.25) is 0 Å². The van der Waals surface area contributed by atoms with Crippen LogP contribution in [0.3, 0.4) is 0 Å². The molecular weight excluding hydrogens is 208 g/mol. The lowest BCUT2D eigenvalue weighted by Gasteiger charge is -2.11. The zero-order valence-electron chi connectivity index (χ0n) is 9.18. The number of ether oxygens (including phenoxy) is 1. The van der Waals surface area contributed by atoms with Crippen LogP contribution in [0.2, 0.25) is 0 Å². The van der Waals surface area contributed by atoms with Gasteiger partial charge < -0.3 is 14.9 Å². The van der Waals surface area contributed by atoms with E-state index in [-0.39, 0.29) is 17.4 Å². The molecule has 1 atom stereocenters. The van der Waals surface area contributed by atoms with Gasteiger partial charge in [-0.25, -0.2) is 4.79 Å². The lowest BCUT2D eigenvalue weighted by Crippen LogP contribution is -2.11. The van der Waals surface area contributed by atoms with E-state index in [4.69, 9.17) is 9.84 Å². The smallest absolute Gasteiger partial charge is 0.331 e. The number of hydrogen-bond acceptors (Lipinski definition) is 3. The monoisotopic (exact) mass is 222 g/mol. The highest BCUT2D eigenvalue weighted by molar-refractivity contribution is 5.85. The van der Waals surface area contributed by atoms with Gasteiger partial charge in [-0.1, -0.05) is 6.07 Å². The molecule has 0 amide bonds. The third kappa shape index (κ3) is 3.65. The van der Waals surface area contributed by atoms with E-state index in [0.29, 0.717) is 5.75 Å². The summed E-state index contributed by atoms with van der Waals surface area (Å²) in [7, 11) is 0. The van der Waals surface area contributed by atoms with Crippen LogP contribution in [0.1, 0.15) is 13.8 Å².